The summed E-state index contributed by atoms with van der Waals surface area (Å²) in [5, 5.41) is 1.15. The number of hydrogen-bond acceptors (Lipinski definition) is 2. The molecule has 0 bridgehead atoms. The zero-order valence-corrected chi connectivity index (χ0v) is 12.1. The molecule has 3 heteroatoms. The molecule has 0 aliphatic heterocycles. The van der Waals surface area contributed by atoms with Gasteiger partial charge in [-0.2, -0.15) is 0 Å². The van der Waals surface area contributed by atoms with E-state index in [1.807, 2.05) is 42.5 Å². The number of benzene rings is 2. The number of aryl methyl sites for hydroxylation is 1. The number of halogens is 1. The Kier molecular flexibility index (Phi) is 3.30. The fourth-order valence-electron chi connectivity index (χ4n) is 2.02. The molecule has 1 heterocycles. The largest absolute Gasteiger partial charge is 0.486 e. The van der Waals surface area contributed by atoms with Crippen LogP contribution in [-0.2, 0) is 6.61 Å². The molecule has 2 nitrogen and oxygen atoms in total. The molecular weight excluding hydrogens is 304 g/mol. The Morgan fingerprint density at radius 1 is 1.11 bits per heavy atom. The molecule has 0 spiro atoms. The van der Waals surface area contributed by atoms with Gasteiger partial charge < -0.3 is 9.15 Å². The minimum atomic E-state index is 0.440. The van der Waals surface area contributed by atoms with Crippen LogP contribution in [0.5, 0.6) is 5.75 Å². The Morgan fingerprint density at radius 3 is 2.63 bits per heavy atom. The molecule has 0 fully saturated rings. The molecule has 0 saturated heterocycles. The average molecular weight is 317 g/mol. The maximum Gasteiger partial charge on any atom is 0.146 e. The molecule has 0 aliphatic carbocycles. The van der Waals surface area contributed by atoms with E-state index in [2.05, 4.69) is 28.9 Å². The van der Waals surface area contributed by atoms with Gasteiger partial charge in [-0.05, 0) is 48.9 Å². The van der Waals surface area contributed by atoms with Crippen molar-refractivity contribution in [2.24, 2.45) is 0 Å². The molecule has 0 unspecified atom stereocenters. The Morgan fingerprint density at radius 2 is 1.89 bits per heavy atom. The molecule has 0 radical (unpaired) electrons. The van der Waals surface area contributed by atoms with Crippen molar-refractivity contribution in [2.75, 3.05) is 0 Å². The molecule has 0 N–H and O–H groups in total. The first-order chi connectivity index (χ1) is 9.22. The SMILES string of the molecule is Cc1cccc2oc(COc3ccc(Br)cc3)cc12. The predicted octanol–water partition coefficient (Wildman–Crippen LogP) is 5.08. The summed E-state index contributed by atoms with van der Waals surface area (Å²) in [4.78, 5) is 0. The minimum Gasteiger partial charge on any atom is -0.486 e. The maximum absolute atomic E-state index is 5.76. The van der Waals surface area contributed by atoms with Crippen LogP contribution in [0, 0.1) is 6.92 Å². The molecule has 3 aromatic rings. The van der Waals surface area contributed by atoms with Crippen LogP contribution in [0.15, 0.2) is 57.4 Å². The van der Waals surface area contributed by atoms with Crippen molar-refractivity contribution >= 4 is 26.9 Å². The van der Waals surface area contributed by atoms with Crippen LogP contribution in [0.3, 0.4) is 0 Å². The number of ether oxygens (including phenoxy) is 1. The number of fused-ring (bicyclic) bond motifs is 1. The zero-order chi connectivity index (χ0) is 13.2. The molecular formula is C16H13BrO2. The highest BCUT2D eigenvalue weighted by Gasteiger charge is 2.06. The van der Waals surface area contributed by atoms with Crippen LogP contribution in [0.25, 0.3) is 11.0 Å². The lowest BCUT2D eigenvalue weighted by molar-refractivity contribution is 0.274. The number of furan rings is 1. The number of hydrogen-bond donors (Lipinski definition) is 0. The Labute approximate surface area is 120 Å². The third kappa shape index (κ3) is 2.66. The van der Waals surface area contributed by atoms with Gasteiger partial charge in [-0.15, -0.1) is 0 Å². The second kappa shape index (κ2) is 5.10. The van der Waals surface area contributed by atoms with Gasteiger partial charge in [-0.25, -0.2) is 0 Å². The topological polar surface area (TPSA) is 22.4 Å². The van der Waals surface area contributed by atoms with Gasteiger partial charge in [0.05, 0.1) is 0 Å². The van der Waals surface area contributed by atoms with Crippen molar-refractivity contribution in [1.29, 1.82) is 0 Å². The lowest BCUT2D eigenvalue weighted by Gasteiger charge is -2.03. The molecule has 1 aromatic heterocycles. The van der Waals surface area contributed by atoms with Crippen LogP contribution >= 0.6 is 15.9 Å². The van der Waals surface area contributed by atoms with Crippen molar-refractivity contribution in [3.8, 4) is 5.75 Å². The monoisotopic (exact) mass is 316 g/mol. The Hall–Kier alpha value is -1.74. The second-order valence-corrected chi connectivity index (χ2v) is 5.36. The van der Waals surface area contributed by atoms with Crippen LogP contribution in [0.1, 0.15) is 11.3 Å². The van der Waals surface area contributed by atoms with E-state index in [0.29, 0.717) is 6.61 Å². The van der Waals surface area contributed by atoms with Crippen LogP contribution in [0.2, 0.25) is 0 Å². The third-order valence-corrected chi connectivity index (χ3v) is 3.55. The molecule has 0 amide bonds. The van der Waals surface area contributed by atoms with Crippen LogP contribution in [0.4, 0.5) is 0 Å². The Bertz CT molecular complexity index is 698. The van der Waals surface area contributed by atoms with Gasteiger partial charge >= 0.3 is 0 Å². The summed E-state index contributed by atoms with van der Waals surface area (Å²) >= 11 is 3.40. The van der Waals surface area contributed by atoms with Gasteiger partial charge in [0, 0.05) is 9.86 Å². The Balaban J connectivity index is 1.78. The third-order valence-electron chi connectivity index (χ3n) is 3.03. The highest BCUT2D eigenvalue weighted by Crippen LogP contribution is 2.24. The van der Waals surface area contributed by atoms with Crippen molar-refractivity contribution < 1.29 is 9.15 Å². The lowest BCUT2D eigenvalue weighted by atomic mass is 10.1. The van der Waals surface area contributed by atoms with Gasteiger partial charge in [0.2, 0.25) is 0 Å². The molecule has 3 rings (SSSR count). The summed E-state index contributed by atoms with van der Waals surface area (Å²) in [5.41, 5.74) is 2.13. The van der Waals surface area contributed by atoms with E-state index in [4.69, 9.17) is 9.15 Å². The van der Waals surface area contributed by atoms with Crippen molar-refractivity contribution in [3.63, 3.8) is 0 Å². The van der Waals surface area contributed by atoms with Crippen molar-refractivity contribution in [3.05, 3.63) is 64.3 Å². The molecule has 19 heavy (non-hydrogen) atoms. The zero-order valence-electron chi connectivity index (χ0n) is 10.5. The molecule has 0 aliphatic rings. The first-order valence-electron chi connectivity index (χ1n) is 6.09. The first kappa shape index (κ1) is 12.3. The van der Waals surface area contributed by atoms with Gasteiger partial charge in [-0.3, -0.25) is 0 Å². The molecule has 0 saturated carbocycles. The fraction of sp³-hybridized carbons (Fsp3) is 0.125. The van der Waals surface area contributed by atoms with E-state index < -0.39 is 0 Å². The second-order valence-electron chi connectivity index (χ2n) is 4.44. The van der Waals surface area contributed by atoms with Gasteiger partial charge in [0.15, 0.2) is 0 Å². The smallest absolute Gasteiger partial charge is 0.146 e. The molecule has 96 valence electrons. The van der Waals surface area contributed by atoms with E-state index >= 15 is 0 Å². The summed E-state index contributed by atoms with van der Waals surface area (Å²) in [5.74, 6) is 1.67. The molecule has 0 atom stereocenters. The van der Waals surface area contributed by atoms with E-state index in [9.17, 15) is 0 Å². The first-order valence-corrected chi connectivity index (χ1v) is 6.88. The summed E-state index contributed by atoms with van der Waals surface area (Å²) in [7, 11) is 0. The van der Waals surface area contributed by atoms with E-state index in [-0.39, 0.29) is 0 Å². The summed E-state index contributed by atoms with van der Waals surface area (Å²) in [6.07, 6.45) is 0. The number of rotatable bonds is 3. The summed E-state index contributed by atoms with van der Waals surface area (Å²) in [6, 6.07) is 15.9. The van der Waals surface area contributed by atoms with E-state index in [0.717, 1.165) is 27.0 Å². The van der Waals surface area contributed by atoms with E-state index in [1.165, 1.54) is 5.56 Å². The summed E-state index contributed by atoms with van der Waals surface area (Å²) < 4.78 is 12.5. The lowest BCUT2D eigenvalue weighted by Crippen LogP contribution is -1.92. The average Bonchev–Trinajstić information content (AvgIpc) is 2.83. The van der Waals surface area contributed by atoms with Gasteiger partial charge in [0.25, 0.3) is 0 Å². The van der Waals surface area contributed by atoms with Crippen molar-refractivity contribution in [1.82, 2.24) is 0 Å². The summed E-state index contributed by atoms with van der Waals surface area (Å²) in [6.45, 7) is 2.52. The van der Waals surface area contributed by atoms with Gasteiger partial charge in [0.1, 0.15) is 23.7 Å². The highest BCUT2D eigenvalue weighted by atomic mass is 79.9. The molecule has 2 aromatic carbocycles. The van der Waals surface area contributed by atoms with E-state index in [1.54, 1.807) is 0 Å². The predicted molar refractivity (Wildman–Crippen MR) is 79.4 cm³/mol. The quantitative estimate of drug-likeness (QED) is 0.672. The highest BCUT2D eigenvalue weighted by molar-refractivity contribution is 9.10. The van der Waals surface area contributed by atoms with Crippen LogP contribution in [-0.4, -0.2) is 0 Å². The normalized spacial score (nSPS) is 10.8. The fourth-order valence-corrected chi connectivity index (χ4v) is 2.28. The van der Waals surface area contributed by atoms with Crippen LogP contribution < -0.4 is 4.74 Å². The van der Waals surface area contributed by atoms with Crippen molar-refractivity contribution in [2.45, 2.75) is 13.5 Å². The van der Waals surface area contributed by atoms with Gasteiger partial charge in [-0.1, -0.05) is 28.1 Å². The standard InChI is InChI=1S/C16H13BrO2/c1-11-3-2-4-16-15(11)9-14(19-16)10-18-13-7-5-12(17)6-8-13/h2-9H,10H2,1H3. The minimum absolute atomic E-state index is 0.440. The maximum atomic E-state index is 5.76.